The zero-order valence-electron chi connectivity index (χ0n) is 13.9. The number of aldehydes is 1. The molecule has 0 aromatic carbocycles. The monoisotopic (exact) mass is 328 g/mol. The fourth-order valence-electron chi connectivity index (χ4n) is 2.40. The second-order valence-corrected chi connectivity index (χ2v) is 5.29. The summed E-state index contributed by atoms with van der Waals surface area (Å²) in [6.45, 7) is 10.1. The number of pyridine rings is 1. The van der Waals surface area contributed by atoms with Crippen molar-refractivity contribution in [3.05, 3.63) is 60.2 Å². The van der Waals surface area contributed by atoms with E-state index in [2.05, 4.69) is 28.8 Å². The quantitative estimate of drug-likeness (QED) is 0.444. The van der Waals surface area contributed by atoms with Crippen LogP contribution in [0.25, 0.3) is 11.2 Å². The summed E-state index contributed by atoms with van der Waals surface area (Å²) in [6.07, 6.45) is 4.08. The molecule has 0 saturated carbocycles. The molecule has 2 aromatic rings. The maximum atomic E-state index is 13.5. The summed E-state index contributed by atoms with van der Waals surface area (Å²) in [5.74, 6) is 0.00816. The van der Waals surface area contributed by atoms with E-state index in [1.54, 1.807) is 29.7 Å². The van der Waals surface area contributed by atoms with E-state index < -0.39 is 5.83 Å². The molecular weight excluding hydrogens is 307 g/mol. The van der Waals surface area contributed by atoms with Crippen LogP contribution in [0.5, 0.6) is 0 Å². The van der Waals surface area contributed by atoms with Gasteiger partial charge in [0.25, 0.3) is 0 Å². The van der Waals surface area contributed by atoms with E-state index in [-0.39, 0.29) is 0 Å². The number of anilines is 1. The Hall–Kier alpha value is -2.73. The van der Waals surface area contributed by atoms with Gasteiger partial charge in [0.2, 0.25) is 0 Å². The van der Waals surface area contributed by atoms with Crippen molar-refractivity contribution in [2.45, 2.75) is 6.92 Å². The fourth-order valence-corrected chi connectivity index (χ4v) is 2.40. The largest absolute Gasteiger partial charge is 0.367 e. The zero-order valence-corrected chi connectivity index (χ0v) is 13.9. The third-order valence-corrected chi connectivity index (χ3v) is 3.76. The first-order valence-electron chi connectivity index (χ1n) is 7.57. The van der Waals surface area contributed by atoms with E-state index in [0.29, 0.717) is 34.8 Å². The molecule has 0 bridgehead atoms. The van der Waals surface area contributed by atoms with E-state index >= 15 is 0 Å². The molecule has 0 amide bonds. The predicted molar refractivity (Wildman–Crippen MR) is 96.0 cm³/mol. The van der Waals surface area contributed by atoms with Crippen LogP contribution in [0.1, 0.15) is 23.0 Å². The van der Waals surface area contributed by atoms with Gasteiger partial charge in [0.05, 0.1) is 0 Å². The molecule has 0 atom stereocenters. The van der Waals surface area contributed by atoms with Crippen molar-refractivity contribution < 1.29 is 9.18 Å². The van der Waals surface area contributed by atoms with Gasteiger partial charge < -0.3 is 10.6 Å². The van der Waals surface area contributed by atoms with Crippen LogP contribution >= 0.6 is 0 Å². The predicted octanol–water partition coefficient (Wildman–Crippen LogP) is 3.22. The van der Waals surface area contributed by atoms with Crippen LogP contribution in [-0.2, 0) is 0 Å². The smallest absolute Gasteiger partial charge is 0.170 e. The topological polar surface area (TPSA) is 58.4 Å². The van der Waals surface area contributed by atoms with Gasteiger partial charge in [0.1, 0.15) is 17.2 Å². The first kappa shape index (κ1) is 17.6. The maximum Gasteiger partial charge on any atom is 0.170 e. The van der Waals surface area contributed by atoms with E-state index in [0.717, 1.165) is 18.4 Å². The van der Waals surface area contributed by atoms with Crippen molar-refractivity contribution in [3.8, 4) is 0 Å². The number of nitrogens with zero attached hydrogens (tertiary/aromatic N) is 2. The maximum absolute atomic E-state index is 13.5. The summed E-state index contributed by atoms with van der Waals surface area (Å²) in [4.78, 5) is 15.9. The van der Waals surface area contributed by atoms with Crippen molar-refractivity contribution in [1.82, 2.24) is 14.7 Å². The van der Waals surface area contributed by atoms with Gasteiger partial charge in [-0.3, -0.25) is 9.20 Å². The molecular formula is C18H21FN4O. The van der Waals surface area contributed by atoms with Gasteiger partial charge >= 0.3 is 0 Å². The van der Waals surface area contributed by atoms with E-state index in [1.807, 2.05) is 13.1 Å². The lowest BCUT2D eigenvalue weighted by molar-refractivity contribution is 0.111. The summed E-state index contributed by atoms with van der Waals surface area (Å²) in [6, 6.07) is 3.60. The van der Waals surface area contributed by atoms with Gasteiger partial charge in [-0.05, 0) is 42.8 Å². The fraction of sp³-hybridized carbons (Fsp3) is 0.222. The highest BCUT2D eigenvalue weighted by atomic mass is 19.1. The molecule has 5 nitrogen and oxygen atoms in total. The molecule has 2 N–H and O–H groups in total. The lowest BCUT2D eigenvalue weighted by Crippen LogP contribution is -2.18. The van der Waals surface area contributed by atoms with Crippen molar-refractivity contribution in [1.29, 1.82) is 0 Å². The van der Waals surface area contributed by atoms with Gasteiger partial charge in [-0.2, -0.15) is 0 Å². The minimum Gasteiger partial charge on any atom is -0.367 e. The van der Waals surface area contributed by atoms with E-state index in [9.17, 15) is 9.18 Å². The zero-order chi connectivity index (χ0) is 17.7. The minimum absolute atomic E-state index is 0.407. The average molecular weight is 328 g/mol. The number of fused-ring (bicyclic) bond motifs is 1. The van der Waals surface area contributed by atoms with Crippen molar-refractivity contribution in [2.24, 2.45) is 0 Å². The minimum atomic E-state index is -0.513. The Bertz CT molecular complexity index is 820. The number of allylic oxidation sites excluding steroid dienone is 4. The Morgan fingerprint density at radius 3 is 2.75 bits per heavy atom. The number of carbonyl (C=O) groups excluding carboxylic acids is 1. The summed E-state index contributed by atoms with van der Waals surface area (Å²) in [5, 5.41) is 6.14. The number of nitrogens with one attached hydrogen (secondary N) is 2. The Labute approximate surface area is 140 Å². The van der Waals surface area contributed by atoms with Gasteiger partial charge in [-0.1, -0.05) is 19.2 Å². The second-order valence-electron chi connectivity index (χ2n) is 5.29. The highest BCUT2D eigenvalue weighted by Gasteiger charge is 2.13. The summed E-state index contributed by atoms with van der Waals surface area (Å²) >= 11 is 0. The summed E-state index contributed by atoms with van der Waals surface area (Å²) in [7, 11) is 1.85. The Morgan fingerprint density at radius 2 is 2.17 bits per heavy atom. The molecule has 2 rings (SSSR count). The number of imidazole rings is 1. The standard InChI is InChI=1S/C18H21FN4O/c1-5-15(12(2)13(3)19)14-6-7-17-22-18(21-9-8-20-4)16(11-24)23(17)10-14/h5-7,10-11,20-21H,1,3,8-9H2,2,4H3/b15-12+. The number of halogens is 1. The normalized spacial score (nSPS) is 12.0. The molecule has 0 spiro atoms. The summed E-state index contributed by atoms with van der Waals surface area (Å²) in [5.41, 5.74) is 2.82. The van der Waals surface area contributed by atoms with Gasteiger partial charge in [-0.25, -0.2) is 9.37 Å². The third-order valence-electron chi connectivity index (χ3n) is 3.76. The van der Waals surface area contributed by atoms with Crippen molar-refractivity contribution in [2.75, 3.05) is 25.5 Å². The molecule has 2 aromatic heterocycles. The second kappa shape index (κ2) is 7.70. The van der Waals surface area contributed by atoms with Crippen molar-refractivity contribution >= 4 is 23.3 Å². The molecule has 0 saturated heterocycles. The van der Waals surface area contributed by atoms with Crippen molar-refractivity contribution in [3.63, 3.8) is 0 Å². The first-order chi connectivity index (χ1) is 11.5. The van der Waals surface area contributed by atoms with E-state index in [4.69, 9.17) is 0 Å². The molecule has 6 heteroatoms. The molecule has 0 aliphatic carbocycles. The van der Waals surface area contributed by atoms with Crippen LogP contribution in [-0.4, -0.2) is 35.8 Å². The molecule has 0 aliphatic heterocycles. The number of rotatable bonds is 8. The Kier molecular flexibility index (Phi) is 5.65. The van der Waals surface area contributed by atoms with Gasteiger partial charge in [-0.15, -0.1) is 0 Å². The molecule has 0 fully saturated rings. The SMILES string of the molecule is C=C/C(=C(/C)C(=C)F)c1ccc2nc(NCCNC)c(C=O)n2c1. The van der Waals surface area contributed by atoms with E-state index in [1.165, 1.54) is 0 Å². The third kappa shape index (κ3) is 3.44. The van der Waals surface area contributed by atoms with Crippen LogP contribution in [0, 0.1) is 0 Å². The first-order valence-corrected chi connectivity index (χ1v) is 7.57. The Balaban J connectivity index is 2.54. The number of carbonyl (C=O) groups is 1. The van der Waals surface area contributed by atoms with Crippen LogP contribution in [0.4, 0.5) is 10.2 Å². The molecule has 126 valence electrons. The number of likely N-dealkylation sites (N-methyl/N-ethyl adjacent to an activating group) is 1. The van der Waals surface area contributed by atoms with Crippen LogP contribution in [0.15, 0.2) is 49.0 Å². The molecule has 0 unspecified atom stereocenters. The number of hydrogen-bond donors (Lipinski definition) is 2. The molecule has 2 heterocycles. The van der Waals surface area contributed by atoms with Gasteiger partial charge in [0.15, 0.2) is 12.1 Å². The summed E-state index contributed by atoms with van der Waals surface area (Å²) < 4.78 is 15.1. The van der Waals surface area contributed by atoms with Crippen LogP contribution < -0.4 is 10.6 Å². The van der Waals surface area contributed by atoms with Crippen LogP contribution in [0.2, 0.25) is 0 Å². The van der Waals surface area contributed by atoms with Gasteiger partial charge in [0, 0.05) is 19.3 Å². The average Bonchev–Trinajstić information content (AvgIpc) is 2.92. The highest BCUT2D eigenvalue weighted by molar-refractivity contribution is 5.84. The molecule has 0 radical (unpaired) electrons. The number of hydrogen-bond acceptors (Lipinski definition) is 4. The number of aromatic nitrogens is 2. The van der Waals surface area contributed by atoms with Crippen LogP contribution in [0.3, 0.4) is 0 Å². The Morgan fingerprint density at radius 1 is 1.42 bits per heavy atom. The highest BCUT2D eigenvalue weighted by Crippen LogP contribution is 2.26. The lowest BCUT2D eigenvalue weighted by Gasteiger charge is -2.08. The molecule has 0 aliphatic rings. The lowest BCUT2D eigenvalue weighted by atomic mass is 10.0. The molecule has 24 heavy (non-hydrogen) atoms.